The number of rotatable bonds is 8. The summed E-state index contributed by atoms with van der Waals surface area (Å²) in [6, 6.07) is 17.0. The molecule has 3 N–H and O–H groups in total. The summed E-state index contributed by atoms with van der Waals surface area (Å²) in [5.74, 6) is -1.01. The molecule has 12 heteroatoms. The number of nitrogens with one attached hydrogen (secondary N) is 2. The average Bonchev–Trinajstić information content (AvgIpc) is 3.02. The molecular formula is C32H37F3N4O5. The van der Waals surface area contributed by atoms with E-state index in [1.807, 2.05) is 49.4 Å². The standard InChI is InChI=1S/C32H37F3N4O5/c1-20-17-39(21(2)19-40)30(42)16-23-15-24(36-29(41)13-14-32(33,34)35)11-12-27(23)44-28(20)18-38(3)31(43)37-26-10-6-8-22-7-4-5-9-25(22)26/h4-12,15,20-21,28,40H,13-14,16-19H2,1-3H3,(H,36,41)(H,37,43)/t20-,21-,28-/m0/s1. The molecule has 0 saturated carbocycles. The molecule has 0 unspecified atom stereocenters. The van der Waals surface area contributed by atoms with E-state index in [4.69, 9.17) is 4.74 Å². The maximum Gasteiger partial charge on any atom is 0.389 e. The van der Waals surface area contributed by atoms with Crippen molar-refractivity contribution in [3.63, 3.8) is 0 Å². The first-order chi connectivity index (χ1) is 20.8. The van der Waals surface area contributed by atoms with Crippen molar-refractivity contribution in [3.8, 4) is 5.75 Å². The second kappa shape index (κ2) is 14.0. The fourth-order valence-corrected chi connectivity index (χ4v) is 5.10. The van der Waals surface area contributed by atoms with Crippen LogP contribution in [0, 0.1) is 5.92 Å². The van der Waals surface area contributed by atoms with Crippen LogP contribution in [0.1, 0.15) is 32.3 Å². The molecule has 236 valence electrons. The monoisotopic (exact) mass is 614 g/mol. The van der Waals surface area contributed by atoms with Crippen LogP contribution in [-0.4, -0.2) is 77.8 Å². The molecule has 0 radical (unpaired) electrons. The number of nitrogens with zero attached hydrogens (tertiary/aromatic N) is 2. The molecule has 0 aliphatic carbocycles. The Labute approximate surface area is 254 Å². The molecule has 1 aliphatic rings. The number of hydrogen-bond donors (Lipinski definition) is 3. The van der Waals surface area contributed by atoms with Gasteiger partial charge in [0.2, 0.25) is 11.8 Å². The van der Waals surface area contributed by atoms with Gasteiger partial charge in [-0.1, -0.05) is 43.3 Å². The summed E-state index contributed by atoms with van der Waals surface area (Å²) in [4.78, 5) is 41.9. The highest BCUT2D eigenvalue weighted by Gasteiger charge is 2.32. The van der Waals surface area contributed by atoms with Crippen LogP contribution in [0.25, 0.3) is 10.8 Å². The molecule has 44 heavy (non-hydrogen) atoms. The van der Waals surface area contributed by atoms with Crippen molar-refractivity contribution >= 4 is 40.0 Å². The first kappa shape index (κ1) is 32.6. The lowest BCUT2D eigenvalue weighted by molar-refractivity contribution is -0.142. The van der Waals surface area contributed by atoms with Crippen molar-refractivity contribution < 1.29 is 37.4 Å². The number of urea groups is 1. The lowest BCUT2D eigenvalue weighted by Crippen LogP contribution is -2.48. The van der Waals surface area contributed by atoms with Crippen LogP contribution in [0.4, 0.5) is 29.3 Å². The van der Waals surface area contributed by atoms with E-state index >= 15 is 0 Å². The summed E-state index contributed by atoms with van der Waals surface area (Å²) in [5, 5.41) is 17.2. The predicted molar refractivity (Wildman–Crippen MR) is 162 cm³/mol. The minimum Gasteiger partial charge on any atom is -0.488 e. The molecule has 0 spiro atoms. The number of carbonyl (C=O) groups is 3. The number of alkyl halides is 3. The van der Waals surface area contributed by atoms with Gasteiger partial charge in [0.15, 0.2) is 0 Å². The van der Waals surface area contributed by atoms with Crippen LogP contribution in [0.2, 0.25) is 0 Å². The molecule has 1 heterocycles. The summed E-state index contributed by atoms with van der Waals surface area (Å²) in [7, 11) is 1.64. The van der Waals surface area contributed by atoms with Gasteiger partial charge in [0.25, 0.3) is 0 Å². The van der Waals surface area contributed by atoms with Gasteiger partial charge < -0.3 is 30.3 Å². The molecule has 4 rings (SSSR count). The van der Waals surface area contributed by atoms with Gasteiger partial charge in [-0.05, 0) is 36.6 Å². The van der Waals surface area contributed by atoms with Crippen LogP contribution in [0.5, 0.6) is 5.75 Å². The van der Waals surface area contributed by atoms with E-state index in [0.29, 0.717) is 17.0 Å². The number of ether oxygens (including phenoxy) is 1. The predicted octanol–water partition coefficient (Wildman–Crippen LogP) is 5.43. The molecule has 0 saturated heterocycles. The minimum absolute atomic E-state index is 0.122. The summed E-state index contributed by atoms with van der Waals surface area (Å²) in [6.07, 6.45) is -7.14. The Morgan fingerprint density at radius 1 is 1.11 bits per heavy atom. The first-order valence-corrected chi connectivity index (χ1v) is 14.4. The van der Waals surface area contributed by atoms with Gasteiger partial charge in [0, 0.05) is 42.6 Å². The molecule has 0 aromatic heterocycles. The van der Waals surface area contributed by atoms with E-state index in [0.717, 1.165) is 10.8 Å². The van der Waals surface area contributed by atoms with Gasteiger partial charge >= 0.3 is 12.2 Å². The van der Waals surface area contributed by atoms with Gasteiger partial charge in [-0.25, -0.2) is 4.79 Å². The van der Waals surface area contributed by atoms with Crippen molar-refractivity contribution in [2.24, 2.45) is 5.92 Å². The van der Waals surface area contributed by atoms with Crippen molar-refractivity contribution in [1.29, 1.82) is 0 Å². The number of aliphatic hydroxyl groups excluding tert-OH is 1. The fraction of sp³-hybridized carbons (Fsp3) is 0.406. The Balaban J connectivity index is 1.56. The molecule has 0 fully saturated rings. The van der Waals surface area contributed by atoms with Gasteiger partial charge in [-0.2, -0.15) is 13.2 Å². The number of hydrogen-bond acceptors (Lipinski definition) is 5. The molecule has 1 aliphatic heterocycles. The highest BCUT2D eigenvalue weighted by Crippen LogP contribution is 2.30. The first-order valence-electron chi connectivity index (χ1n) is 14.4. The quantitative estimate of drug-likeness (QED) is 0.313. The summed E-state index contributed by atoms with van der Waals surface area (Å²) >= 11 is 0. The van der Waals surface area contributed by atoms with Crippen molar-refractivity contribution in [1.82, 2.24) is 9.80 Å². The SMILES string of the molecule is C[C@H]1CN([C@@H](C)CO)C(=O)Cc2cc(NC(=O)CCC(F)(F)F)ccc2O[C@H]1CN(C)C(=O)Nc1cccc2ccccc12. The molecule has 3 atom stereocenters. The van der Waals surface area contributed by atoms with Crippen molar-refractivity contribution in [2.75, 3.05) is 37.4 Å². The highest BCUT2D eigenvalue weighted by atomic mass is 19.4. The Morgan fingerprint density at radius 3 is 2.57 bits per heavy atom. The fourth-order valence-electron chi connectivity index (χ4n) is 5.10. The molecule has 9 nitrogen and oxygen atoms in total. The Morgan fingerprint density at radius 2 is 1.84 bits per heavy atom. The van der Waals surface area contributed by atoms with Crippen LogP contribution >= 0.6 is 0 Å². The second-order valence-electron chi connectivity index (χ2n) is 11.2. The van der Waals surface area contributed by atoms with E-state index < -0.39 is 37.1 Å². The number of anilines is 2. The number of halogens is 3. The van der Waals surface area contributed by atoms with E-state index in [2.05, 4.69) is 10.6 Å². The zero-order valence-corrected chi connectivity index (χ0v) is 24.9. The van der Waals surface area contributed by atoms with Crippen LogP contribution in [-0.2, 0) is 16.0 Å². The van der Waals surface area contributed by atoms with Gasteiger partial charge in [-0.3, -0.25) is 9.59 Å². The van der Waals surface area contributed by atoms with Crippen LogP contribution in [0.15, 0.2) is 60.7 Å². The van der Waals surface area contributed by atoms with Gasteiger partial charge in [-0.15, -0.1) is 0 Å². The lowest BCUT2D eigenvalue weighted by Gasteiger charge is -2.34. The molecule has 4 amide bonds. The molecule has 0 bridgehead atoms. The maximum absolute atomic E-state index is 13.4. The Bertz CT molecular complexity index is 1490. The number of likely N-dealkylation sites (N-methyl/N-ethyl adjacent to an activating group) is 1. The van der Waals surface area contributed by atoms with Crippen molar-refractivity contribution in [3.05, 3.63) is 66.2 Å². The van der Waals surface area contributed by atoms with E-state index in [1.165, 1.54) is 17.0 Å². The van der Waals surface area contributed by atoms with E-state index in [9.17, 15) is 32.7 Å². The third-order valence-corrected chi connectivity index (χ3v) is 7.67. The van der Waals surface area contributed by atoms with E-state index in [-0.39, 0.29) is 49.7 Å². The highest BCUT2D eigenvalue weighted by molar-refractivity contribution is 6.01. The molecular weight excluding hydrogens is 577 g/mol. The van der Waals surface area contributed by atoms with Gasteiger partial charge in [0.05, 0.1) is 37.7 Å². The largest absolute Gasteiger partial charge is 0.488 e. The van der Waals surface area contributed by atoms with Crippen LogP contribution < -0.4 is 15.4 Å². The minimum atomic E-state index is -4.46. The van der Waals surface area contributed by atoms with Crippen LogP contribution in [0.3, 0.4) is 0 Å². The van der Waals surface area contributed by atoms with Gasteiger partial charge in [0.1, 0.15) is 11.9 Å². The van der Waals surface area contributed by atoms with Crippen molar-refractivity contribution in [2.45, 2.75) is 51.4 Å². The summed E-state index contributed by atoms with van der Waals surface area (Å²) in [6.45, 7) is 3.76. The molecule has 3 aromatic carbocycles. The Hall–Kier alpha value is -4.32. The molecule has 3 aromatic rings. The zero-order chi connectivity index (χ0) is 32.0. The topological polar surface area (TPSA) is 111 Å². The maximum atomic E-state index is 13.4. The normalized spacial score (nSPS) is 17.9. The number of fused-ring (bicyclic) bond motifs is 2. The Kier molecular flexibility index (Phi) is 10.4. The number of amides is 4. The smallest absolute Gasteiger partial charge is 0.389 e. The third-order valence-electron chi connectivity index (χ3n) is 7.67. The number of aliphatic hydroxyl groups is 1. The zero-order valence-electron chi connectivity index (χ0n) is 24.9. The summed E-state index contributed by atoms with van der Waals surface area (Å²) in [5.41, 5.74) is 1.30. The number of benzene rings is 3. The second-order valence-corrected chi connectivity index (χ2v) is 11.2. The summed E-state index contributed by atoms with van der Waals surface area (Å²) < 4.78 is 44.1. The number of carbonyl (C=O) groups excluding carboxylic acids is 3. The average molecular weight is 615 g/mol. The lowest BCUT2D eigenvalue weighted by atomic mass is 10.0. The van der Waals surface area contributed by atoms with E-state index in [1.54, 1.807) is 24.9 Å². The third kappa shape index (κ3) is 8.40.